The highest BCUT2D eigenvalue weighted by molar-refractivity contribution is 9.10. The van der Waals surface area contributed by atoms with Gasteiger partial charge in [0.1, 0.15) is 5.69 Å². The van der Waals surface area contributed by atoms with Gasteiger partial charge in [-0.05, 0) is 34.5 Å². The lowest BCUT2D eigenvalue weighted by atomic mass is 9.97. The van der Waals surface area contributed by atoms with E-state index in [0.29, 0.717) is 30.6 Å². The van der Waals surface area contributed by atoms with Gasteiger partial charge in [-0.15, -0.1) is 0 Å². The van der Waals surface area contributed by atoms with Gasteiger partial charge in [-0.2, -0.15) is 4.98 Å². The van der Waals surface area contributed by atoms with E-state index in [1.54, 1.807) is 6.20 Å². The molecule has 0 saturated carbocycles. The SMILES string of the molecule is NC1CCOCC1c1nc(-c2ncccc2Br)no1. The van der Waals surface area contributed by atoms with Crippen molar-refractivity contribution in [2.45, 2.75) is 18.4 Å². The van der Waals surface area contributed by atoms with Gasteiger partial charge in [-0.1, -0.05) is 5.16 Å². The predicted molar refractivity (Wildman–Crippen MR) is 71.4 cm³/mol. The number of ether oxygens (including phenoxy) is 1. The molecule has 2 N–H and O–H groups in total. The molecule has 2 atom stereocenters. The van der Waals surface area contributed by atoms with Crippen LogP contribution in [0.25, 0.3) is 11.5 Å². The van der Waals surface area contributed by atoms with Crippen molar-refractivity contribution < 1.29 is 9.26 Å². The summed E-state index contributed by atoms with van der Waals surface area (Å²) in [4.78, 5) is 8.62. The van der Waals surface area contributed by atoms with Crippen molar-refractivity contribution in [3.63, 3.8) is 0 Å². The van der Waals surface area contributed by atoms with Gasteiger partial charge in [0.15, 0.2) is 0 Å². The molecule has 0 aliphatic carbocycles. The molecule has 1 saturated heterocycles. The van der Waals surface area contributed by atoms with Crippen molar-refractivity contribution in [2.24, 2.45) is 5.73 Å². The molecule has 2 aromatic heterocycles. The van der Waals surface area contributed by atoms with Crippen LogP contribution >= 0.6 is 15.9 Å². The highest BCUT2D eigenvalue weighted by Crippen LogP contribution is 2.27. The summed E-state index contributed by atoms with van der Waals surface area (Å²) in [6.45, 7) is 1.20. The van der Waals surface area contributed by atoms with E-state index in [2.05, 4.69) is 31.1 Å². The van der Waals surface area contributed by atoms with Crippen LogP contribution in [0.5, 0.6) is 0 Å². The van der Waals surface area contributed by atoms with E-state index < -0.39 is 0 Å². The predicted octanol–water partition coefficient (Wildman–Crippen LogP) is 1.73. The van der Waals surface area contributed by atoms with Gasteiger partial charge >= 0.3 is 0 Å². The van der Waals surface area contributed by atoms with Crippen molar-refractivity contribution in [1.29, 1.82) is 0 Å². The lowest BCUT2D eigenvalue weighted by Crippen LogP contribution is -2.37. The van der Waals surface area contributed by atoms with Crippen LogP contribution in [0.1, 0.15) is 18.2 Å². The number of aromatic nitrogens is 3. The topological polar surface area (TPSA) is 87.1 Å². The standard InChI is InChI=1S/C12H13BrN4O2/c13-8-2-1-4-15-10(8)11-16-12(19-17-11)7-6-18-5-3-9(7)14/h1-2,4,7,9H,3,5-6,14H2. The Kier molecular flexibility index (Phi) is 3.58. The molecule has 0 spiro atoms. The van der Waals surface area contributed by atoms with Gasteiger partial charge in [0.25, 0.3) is 0 Å². The zero-order chi connectivity index (χ0) is 13.2. The molecular weight excluding hydrogens is 312 g/mol. The van der Waals surface area contributed by atoms with Crippen LogP contribution in [0.15, 0.2) is 27.3 Å². The van der Waals surface area contributed by atoms with Gasteiger partial charge in [0.05, 0.1) is 12.5 Å². The zero-order valence-corrected chi connectivity index (χ0v) is 11.7. The fraction of sp³-hybridized carbons (Fsp3) is 0.417. The summed E-state index contributed by atoms with van der Waals surface area (Å²) in [6, 6.07) is 3.71. The summed E-state index contributed by atoms with van der Waals surface area (Å²) < 4.78 is 11.5. The lowest BCUT2D eigenvalue weighted by molar-refractivity contribution is 0.0590. The molecule has 0 radical (unpaired) electrons. The third-order valence-corrected chi connectivity index (χ3v) is 3.78. The minimum Gasteiger partial charge on any atom is -0.381 e. The third-order valence-electron chi connectivity index (χ3n) is 3.14. The summed E-state index contributed by atoms with van der Waals surface area (Å²) in [5, 5.41) is 3.97. The second kappa shape index (κ2) is 5.36. The van der Waals surface area contributed by atoms with E-state index in [9.17, 15) is 0 Å². The second-order valence-electron chi connectivity index (χ2n) is 4.42. The second-order valence-corrected chi connectivity index (χ2v) is 5.28. The molecule has 1 aliphatic rings. The lowest BCUT2D eigenvalue weighted by Gasteiger charge is -2.25. The van der Waals surface area contributed by atoms with Crippen LogP contribution in [0.3, 0.4) is 0 Å². The largest absolute Gasteiger partial charge is 0.381 e. The maximum Gasteiger partial charge on any atom is 0.234 e. The van der Waals surface area contributed by atoms with Gasteiger partial charge in [-0.3, -0.25) is 4.98 Å². The Balaban J connectivity index is 1.89. The quantitative estimate of drug-likeness (QED) is 0.905. The molecule has 7 heteroatoms. The summed E-state index contributed by atoms with van der Waals surface area (Å²) in [7, 11) is 0. The minimum atomic E-state index is -0.0440. The number of rotatable bonds is 2. The molecular formula is C12H13BrN4O2. The molecule has 2 aromatic rings. The average molecular weight is 325 g/mol. The van der Waals surface area contributed by atoms with Gasteiger partial charge in [0.2, 0.25) is 11.7 Å². The van der Waals surface area contributed by atoms with Crippen LogP contribution in [-0.4, -0.2) is 34.4 Å². The number of nitrogens with two attached hydrogens (primary N) is 1. The van der Waals surface area contributed by atoms with Crippen molar-refractivity contribution in [3.8, 4) is 11.5 Å². The Morgan fingerprint density at radius 1 is 1.42 bits per heavy atom. The van der Waals surface area contributed by atoms with E-state index in [1.807, 2.05) is 12.1 Å². The molecule has 1 fully saturated rings. The fourth-order valence-electron chi connectivity index (χ4n) is 2.04. The number of pyridine rings is 1. The smallest absolute Gasteiger partial charge is 0.234 e. The summed E-state index contributed by atoms with van der Waals surface area (Å²) in [5.41, 5.74) is 6.71. The van der Waals surface area contributed by atoms with E-state index in [0.717, 1.165) is 10.9 Å². The Morgan fingerprint density at radius 3 is 3.11 bits per heavy atom. The highest BCUT2D eigenvalue weighted by atomic mass is 79.9. The number of hydrogen-bond acceptors (Lipinski definition) is 6. The van der Waals surface area contributed by atoms with E-state index >= 15 is 0 Å². The molecule has 100 valence electrons. The van der Waals surface area contributed by atoms with Crippen LogP contribution in [0.4, 0.5) is 0 Å². The summed E-state index contributed by atoms with van der Waals surface area (Å²) in [6.07, 6.45) is 2.49. The van der Waals surface area contributed by atoms with E-state index in [4.69, 9.17) is 15.0 Å². The normalized spacial score (nSPS) is 23.5. The molecule has 19 heavy (non-hydrogen) atoms. The van der Waals surface area contributed by atoms with Crippen molar-refractivity contribution in [1.82, 2.24) is 15.1 Å². The molecule has 0 bridgehead atoms. The average Bonchev–Trinajstić information content (AvgIpc) is 2.89. The Hall–Kier alpha value is -1.31. The van der Waals surface area contributed by atoms with Crippen molar-refractivity contribution >= 4 is 15.9 Å². The first-order valence-electron chi connectivity index (χ1n) is 6.03. The van der Waals surface area contributed by atoms with Crippen LogP contribution in [-0.2, 0) is 4.74 Å². The van der Waals surface area contributed by atoms with Crippen molar-refractivity contribution in [2.75, 3.05) is 13.2 Å². The molecule has 3 rings (SSSR count). The van der Waals surface area contributed by atoms with Crippen LogP contribution < -0.4 is 5.73 Å². The highest BCUT2D eigenvalue weighted by Gasteiger charge is 2.29. The number of hydrogen-bond donors (Lipinski definition) is 1. The van der Waals surface area contributed by atoms with E-state index in [1.165, 1.54) is 0 Å². The fourth-order valence-corrected chi connectivity index (χ4v) is 2.47. The molecule has 0 amide bonds. The number of halogens is 1. The van der Waals surface area contributed by atoms with Gasteiger partial charge in [-0.25, -0.2) is 0 Å². The van der Waals surface area contributed by atoms with Crippen LogP contribution in [0, 0.1) is 0 Å². The zero-order valence-electron chi connectivity index (χ0n) is 10.1. The molecule has 0 aromatic carbocycles. The Labute approximate surface area is 118 Å². The maximum atomic E-state index is 6.06. The summed E-state index contributed by atoms with van der Waals surface area (Å²) in [5.74, 6) is 0.928. The Morgan fingerprint density at radius 2 is 2.32 bits per heavy atom. The van der Waals surface area contributed by atoms with Crippen molar-refractivity contribution in [3.05, 3.63) is 28.7 Å². The number of nitrogens with zero attached hydrogens (tertiary/aromatic N) is 3. The third kappa shape index (κ3) is 2.54. The van der Waals surface area contributed by atoms with Gasteiger partial charge < -0.3 is 15.0 Å². The Bertz CT molecular complexity index is 574. The van der Waals surface area contributed by atoms with Crippen LogP contribution in [0.2, 0.25) is 0 Å². The monoisotopic (exact) mass is 324 g/mol. The first-order valence-corrected chi connectivity index (χ1v) is 6.83. The summed E-state index contributed by atoms with van der Waals surface area (Å²) >= 11 is 3.42. The first kappa shape index (κ1) is 12.7. The molecule has 2 unspecified atom stereocenters. The molecule has 1 aliphatic heterocycles. The first-order chi connectivity index (χ1) is 9.25. The molecule has 6 nitrogen and oxygen atoms in total. The van der Waals surface area contributed by atoms with Gasteiger partial charge in [0, 0.05) is 23.3 Å². The molecule has 3 heterocycles. The minimum absolute atomic E-state index is 0.00535. The maximum absolute atomic E-state index is 6.06. The van der Waals surface area contributed by atoms with E-state index in [-0.39, 0.29) is 12.0 Å².